The average molecular weight is 223 g/mol. The molecule has 2 aliphatic carbocycles. The third-order valence-electron chi connectivity index (χ3n) is 3.88. The number of aliphatic imine (C=N–C) groups is 1. The van der Waals surface area contributed by atoms with Crippen LogP contribution in [0.25, 0.3) is 0 Å². The van der Waals surface area contributed by atoms with E-state index in [0.717, 1.165) is 43.3 Å². The van der Waals surface area contributed by atoms with Crippen molar-refractivity contribution in [3.05, 3.63) is 0 Å². The molecular formula is C13H25N3. The Balaban J connectivity index is 1.69. The predicted octanol–water partition coefficient (Wildman–Crippen LogP) is 2.00. The molecule has 92 valence electrons. The number of hydrogen-bond acceptors (Lipinski definition) is 1. The van der Waals surface area contributed by atoms with Crippen LogP contribution in [0.3, 0.4) is 0 Å². The molecule has 0 spiro atoms. The molecular weight excluding hydrogens is 198 g/mol. The van der Waals surface area contributed by atoms with Gasteiger partial charge in [-0.25, -0.2) is 0 Å². The minimum Gasteiger partial charge on any atom is -0.357 e. The van der Waals surface area contributed by atoms with Crippen molar-refractivity contribution in [3.63, 3.8) is 0 Å². The Kier molecular flexibility index (Phi) is 4.08. The van der Waals surface area contributed by atoms with Crippen LogP contribution in [-0.4, -0.2) is 25.6 Å². The van der Waals surface area contributed by atoms with Crippen LogP contribution in [-0.2, 0) is 0 Å². The zero-order valence-corrected chi connectivity index (χ0v) is 10.6. The molecule has 2 atom stereocenters. The van der Waals surface area contributed by atoms with Crippen molar-refractivity contribution in [2.24, 2.45) is 22.7 Å². The first kappa shape index (κ1) is 11.7. The molecule has 2 saturated carbocycles. The summed E-state index contributed by atoms with van der Waals surface area (Å²) in [7, 11) is 0. The lowest BCUT2D eigenvalue weighted by Gasteiger charge is -2.23. The van der Waals surface area contributed by atoms with Crippen molar-refractivity contribution >= 4 is 5.96 Å². The van der Waals surface area contributed by atoms with Crippen molar-refractivity contribution in [1.29, 1.82) is 0 Å². The molecule has 0 bridgehead atoms. The highest BCUT2D eigenvalue weighted by molar-refractivity contribution is 5.79. The summed E-state index contributed by atoms with van der Waals surface area (Å²) < 4.78 is 0. The summed E-state index contributed by atoms with van der Waals surface area (Å²) in [5.74, 6) is 3.68. The fourth-order valence-electron chi connectivity index (χ4n) is 2.15. The Morgan fingerprint density at radius 2 is 2.06 bits per heavy atom. The van der Waals surface area contributed by atoms with E-state index >= 15 is 0 Å². The molecule has 2 N–H and O–H groups in total. The van der Waals surface area contributed by atoms with Crippen molar-refractivity contribution in [2.45, 2.75) is 39.5 Å². The van der Waals surface area contributed by atoms with Gasteiger partial charge < -0.3 is 10.6 Å². The van der Waals surface area contributed by atoms with Crippen LogP contribution in [0, 0.1) is 17.8 Å². The molecule has 0 aromatic carbocycles. The predicted molar refractivity (Wildman–Crippen MR) is 68.6 cm³/mol. The van der Waals surface area contributed by atoms with Gasteiger partial charge in [-0.1, -0.05) is 13.3 Å². The lowest BCUT2D eigenvalue weighted by atomic mass is 9.86. The van der Waals surface area contributed by atoms with E-state index in [9.17, 15) is 0 Å². The number of nitrogens with zero attached hydrogens (tertiary/aromatic N) is 1. The van der Waals surface area contributed by atoms with Crippen molar-refractivity contribution in [2.75, 3.05) is 19.6 Å². The standard InChI is InChI=1S/C13H25N3/c1-3-14-13(15-8-11-5-4-6-11)16-9-12-7-10(12)2/h10-12H,3-9H2,1-2H3,(H2,14,15,16). The fraction of sp³-hybridized carbons (Fsp3) is 0.923. The van der Waals surface area contributed by atoms with Gasteiger partial charge in [0.25, 0.3) is 0 Å². The van der Waals surface area contributed by atoms with E-state index in [0.29, 0.717) is 0 Å². The SMILES string of the molecule is CCNC(=NCC1CCC1)NCC1CC1C. The molecule has 2 aliphatic rings. The highest BCUT2D eigenvalue weighted by Crippen LogP contribution is 2.36. The van der Waals surface area contributed by atoms with Crippen LogP contribution in [0.1, 0.15) is 39.5 Å². The van der Waals surface area contributed by atoms with Gasteiger partial charge in [0, 0.05) is 19.6 Å². The van der Waals surface area contributed by atoms with E-state index in [-0.39, 0.29) is 0 Å². The van der Waals surface area contributed by atoms with Gasteiger partial charge in [0.2, 0.25) is 0 Å². The maximum absolute atomic E-state index is 4.65. The molecule has 2 fully saturated rings. The molecule has 0 aromatic heterocycles. The van der Waals surface area contributed by atoms with Gasteiger partial charge >= 0.3 is 0 Å². The Morgan fingerprint density at radius 3 is 2.56 bits per heavy atom. The van der Waals surface area contributed by atoms with Gasteiger partial charge in [0.05, 0.1) is 0 Å². The summed E-state index contributed by atoms with van der Waals surface area (Å²) >= 11 is 0. The van der Waals surface area contributed by atoms with Crippen molar-refractivity contribution in [3.8, 4) is 0 Å². The summed E-state index contributed by atoms with van der Waals surface area (Å²) in [6.45, 7) is 7.51. The number of guanidine groups is 1. The number of nitrogens with one attached hydrogen (secondary N) is 2. The Labute approximate surface area is 99.1 Å². The highest BCUT2D eigenvalue weighted by atomic mass is 15.2. The largest absolute Gasteiger partial charge is 0.357 e. The molecule has 2 rings (SSSR count). The zero-order chi connectivity index (χ0) is 11.4. The van der Waals surface area contributed by atoms with Gasteiger partial charge in [0.1, 0.15) is 0 Å². The van der Waals surface area contributed by atoms with Crippen LogP contribution < -0.4 is 10.6 Å². The van der Waals surface area contributed by atoms with Crippen LogP contribution in [0.15, 0.2) is 4.99 Å². The molecule has 0 amide bonds. The van der Waals surface area contributed by atoms with E-state index in [1.807, 2.05) is 0 Å². The first-order chi connectivity index (χ1) is 7.79. The Bertz CT molecular complexity index is 246. The molecule has 3 heteroatoms. The second kappa shape index (κ2) is 5.55. The molecule has 16 heavy (non-hydrogen) atoms. The quantitative estimate of drug-likeness (QED) is 0.552. The zero-order valence-electron chi connectivity index (χ0n) is 10.6. The Morgan fingerprint density at radius 1 is 1.31 bits per heavy atom. The van der Waals surface area contributed by atoms with E-state index in [2.05, 4.69) is 29.5 Å². The first-order valence-electron chi connectivity index (χ1n) is 6.81. The van der Waals surface area contributed by atoms with Crippen LogP contribution >= 0.6 is 0 Å². The molecule has 2 unspecified atom stereocenters. The summed E-state index contributed by atoms with van der Waals surface area (Å²) in [5, 5.41) is 6.78. The number of hydrogen-bond donors (Lipinski definition) is 2. The molecule has 0 heterocycles. The molecule has 0 radical (unpaired) electrons. The molecule has 0 saturated heterocycles. The van der Waals surface area contributed by atoms with Crippen LogP contribution in [0.2, 0.25) is 0 Å². The first-order valence-corrected chi connectivity index (χ1v) is 6.81. The third kappa shape index (κ3) is 3.39. The van der Waals surface area contributed by atoms with Crippen molar-refractivity contribution < 1.29 is 0 Å². The van der Waals surface area contributed by atoms with Gasteiger partial charge in [-0.2, -0.15) is 0 Å². The summed E-state index contributed by atoms with van der Waals surface area (Å²) in [5.41, 5.74) is 0. The molecule has 0 aliphatic heterocycles. The monoisotopic (exact) mass is 223 g/mol. The second-order valence-corrected chi connectivity index (χ2v) is 5.37. The van der Waals surface area contributed by atoms with E-state index < -0.39 is 0 Å². The van der Waals surface area contributed by atoms with Gasteiger partial charge in [0.15, 0.2) is 5.96 Å². The smallest absolute Gasteiger partial charge is 0.191 e. The normalized spacial score (nSPS) is 29.8. The van der Waals surface area contributed by atoms with Gasteiger partial charge in [-0.15, -0.1) is 0 Å². The molecule has 0 aromatic rings. The summed E-state index contributed by atoms with van der Waals surface area (Å²) in [6.07, 6.45) is 5.55. The maximum atomic E-state index is 4.65. The second-order valence-electron chi connectivity index (χ2n) is 5.37. The lowest BCUT2D eigenvalue weighted by Crippen LogP contribution is -2.39. The topological polar surface area (TPSA) is 36.4 Å². The minimum atomic E-state index is 0.857. The molecule has 3 nitrogen and oxygen atoms in total. The van der Waals surface area contributed by atoms with Gasteiger partial charge in [-0.3, -0.25) is 4.99 Å². The Hall–Kier alpha value is -0.730. The lowest BCUT2D eigenvalue weighted by molar-refractivity contribution is 0.325. The van der Waals surface area contributed by atoms with E-state index in [1.165, 1.54) is 25.7 Å². The van der Waals surface area contributed by atoms with Crippen LogP contribution in [0.4, 0.5) is 0 Å². The van der Waals surface area contributed by atoms with Gasteiger partial charge in [-0.05, 0) is 43.9 Å². The van der Waals surface area contributed by atoms with E-state index in [4.69, 9.17) is 0 Å². The average Bonchev–Trinajstić information content (AvgIpc) is 2.88. The van der Waals surface area contributed by atoms with E-state index in [1.54, 1.807) is 0 Å². The summed E-state index contributed by atoms with van der Waals surface area (Å²) in [6, 6.07) is 0. The third-order valence-corrected chi connectivity index (χ3v) is 3.88. The maximum Gasteiger partial charge on any atom is 0.191 e. The van der Waals surface area contributed by atoms with Crippen LogP contribution in [0.5, 0.6) is 0 Å². The van der Waals surface area contributed by atoms with Crippen molar-refractivity contribution in [1.82, 2.24) is 10.6 Å². The minimum absolute atomic E-state index is 0.857. The highest BCUT2D eigenvalue weighted by Gasteiger charge is 2.32. The fourth-order valence-corrected chi connectivity index (χ4v) is 2.15. The number of rotatable bonds is 5. The summed E-state index contributed by atoms with van der Waals surface area (Å²) in [4.78, 5) is 4.65.